The van der Waals surface area contributed by atoms with Crippen molar-refractivity contribution in [2.75, 3.05) is 0 Å². The molecule has 0 amide bonds. The van der Waals surface area contributed by atoms with Crippen LogP contribution in [0, 0.1) is 11.3 Å². The van der Waals surface area contributed by atoms with E-state index in [1.165, 1.54) is 0 Å². The number of hydrogen-bond donors (Lipinski definition) is 1. The molecule has 0 aliphatic carbocycles. The lowest BCUT2D eigenvalue weighted by Gasteiger charge is -2.06. The smallest absolute Gasteiger partial charge is 0.142 e. The van der Waals surface area contributed by atoms with Crippen LogP contribution in [0.4, 0.5) is 0 Å². The number of H-pyrrole nitrogens is 1. The first-order valence-electron chi connectivity index (χ1n) is 5.89. The molecule has 0 saturated heterocycles. The fourth-order valence-electron chi connectivity index (χ4n) is 1.72. The Balaban J connectivity index is 1.69. The fourth-order valence-corrected chi connectivity index (χ4v) is 1.72. The second-order valence-electron chi connectivity index (χ2n) is 4.01. The lowest BCUT2D eigenvalue weighted by Crippen LogP contribution is -1.98. The average molecular weight is 266 g/mol. The highest BCUT2D eigenvalue weighted by Gasteiger charge is 2.05. The Bertz CT molecular complexity index is 723. The molecule has 0 aliphatic heterocycles. The third kappa shape index (κ3) is 2.35. The van der Waals surface area contributed by atoms with Gasteiger partial charge in [-0.05, 0) is 24.3 Å². The number of aromatic amines is 1. The summed E-state index contributed by atoms with van der Waals surface area (Å²) in [4.78, 5) is 0. The van der Waals surface area contributed by atoms with E-state index in [1.54, 1.807) is 23.3 Å². The molecule has 2 aromatic heterocycles. The maximum absolute atomic E-state index is 8.85. The van der Waals surface area contributed by atoms with Gasteiger partial charge in [0, 0.05) is 5.56 Å². The molecule has 0 spiro atoms. The molecule has 0 saturated carbocycles. The molecule has 2 heterocycles. The van der Waals surface area contributed by atoms with Crippen molar-refractivity contribution in [1.29, 1.82) is 5.26 Å². The summed E-state index contributed by atoms with van der Waals surface area (Å²) >= 11 is 0. The van der Waals surface area contributed by atoms with Gasteiger partial charge < -0.3 is 4.74 Å². The van der Waals surface area contributed by atoms with Gasteiger partial charge in [-0.2, -0.15) is 10.4 Å². The first-order valence-corrected chi connectivity index (χ1v) is 5.89. The molecule has 0 radical (unpaired) electrons. The Kier molecular flexibility index (Phi) is 3.12. The zero-order chi connectivity index (χ0) is 13.8. The van der Waals surface area contributed by atoms with Crippen LogP contribution >= 0.6 is 0 Å². The number of nitrogens with one attached hydrogen (secondary N) is 1. The lowest BCUT2D eigenvalue weighted by molar-refractivity contribution is 0.306. The van der Waals surface area contributed by atoms with Gasteiger partial charge in [0.2, 0.25) is 0 Å². The van der Waals surface area contributed by atoms with E-state index in [0.717, 1.165) is 11.3 Å². The highest BCUT2D eigenvalue weighted by molar-refractivity contribution is 5.36. The molecule has 7 nitrogen and oxygen atoms in total. The summed E-state index contributed by atoms with van der Waals surface area (Å²) in [5.41, 5.74) is 2.05. The third-order valence-corrected chi connectivity index (χ3v) is 2.75. The minimum atomic E-state index is 0.294. The molecule has 3 aromatic rings. The van der Waals surface area contributed by atoms with E-state index in [0.29, 0.717) is 18.1 Å². The SMILES string of the molecule is N#Cc1[nH]ncc1COc1ccc(-n2ccnn2)cc1. The predicted octanol–water partition coefficient (Wildman–Crippen LogP) is 1.44. The van der Waals surface area contributed by atoms with Gasteiger partial charge in [-0.25, -0.2) is 4.68 Å². The predicted molar refractivity (Wildman–Crippen MR) is 69.0 cm³/mol. The Labute approximate surface area is 114 Å². The van der Waals surface area contributed by atoms with Crippen LogP contribution in [0.5, 0.6) is 5.75 Å². The molecule has 0 unspecified atom stereocenters. The van der Waals surface area contributed by atoms with Gasteiger partial charge in [0.15, 0.2) is 0 Å². The quantitative estimate of drug-likeness (QED) is 0.771. The first kappa shape index (κ1) is 11.9. The molecule has 0 aliphatic rings. The zero-order valence-electron chi connectivity index (χ0n) is 10.4. The lowest BCUT2D eigenvalue weighted by atomic mass is 10.2. The summed E-state index contributed by atoms with van der Waals surface area (Å²) in [6.45, 7) is 0.294. The normalized spacial score (nSPS) is 10.2. The summed E-state index contributed by atoms with van der Waals surface area (Å²) in [5, 5.41) is 22.9. The van der Waals surface area contributed by atoms with Crippen LogP contribution in [0.25, 0.3) is 5.69 Å². The zero-order valence-corrected chi connectivity index (χ0v) is 10.4. The molecule has 20 heavy (non-hydrogen) atoms. The van der Waals surface area contributed by atoms with Crippen molar-refractivity contribution < 1.29 is 4.74 Å². The van der Waals surface area contributed by atoms with Gasteiger partial charge in [0.05, 0.1) is 24.3 Å². The molecule has 0 bridgehead atoms. The summed E-state index contributed by atoms with van der Waals surface area (Å²) < 4.78 is 7.27. The molecule has 7 heteroatoms. The van der Waals surface area contributed by atoms with E-state index in [-0.39, 0.29) is 0 Å². The van der Waals surface area contributed by atoms with E-state index in [1.807, 2.05) is 30.3 Å². The van der Waals surface area contributed by atoms with E-state index in [9.17, 15) is 0 Å². The average Bonchev–Trinajstić information content (AvgIpc) is 3.16. The number of benzene rings is 1. The van der Waals surface area contributed by atoms with Gasteiger partial charge in [0.25, 0.3) is 0 Å². The van der Waals surface area contributed by atoms with Gasteiger partial charge in [0.1, 0.15) is 24.1 Å². The third-order valence-electron chi connectivity index (χ3n) is 2.75. The minimum Gasteiger partial charge on any atom is -0.489 e. The van der Waals surface area contributed by atoms with Crippen molar-refractivity contribution in [3.05, 3.63) is 54.1 Å². The molecule has 0 atom stereocenters. The Hall–Kier alpha value is -3.14. The Morgan fingerprint density at radius 2 is 2.15 bits per heavy atom. The second kappa shape index (κ2) is 5.24. The maximum Gasteiger partial charge on any atom is 0.142 e. The van der Waals surface area contributed by atoms with Gasteiger partial charge in [-0.3, -0.25) is 5.10 Å². The maximum atomic E-state index is 8.85. The van der Waals surface area contributed by atoms with Crippen LogP contribution in [0.2, 0.25) is 0 Å². The summed E-state index contributed by atoms with van der Waals surface area (Å²) in [6, 6.07) is 9.45. The number of hydrogen-bond acceptors (Lipinski definition) is 5. The molecule has 98 valence electrons. The Morgan fingerprint density at radius 3 is 2.85 bits per heavy atom. The van der Waals surface area contributed by atoms with Gasteiger partial charge in [-0.1, -0.05) is 5.21 Å². The monoisotopic (exact) mass is 266 g/mol. The number of nitrogens with zero attached hydrogens (tertiary/aromatic N) is 5. The van der Waals surface area contributed by atoms with Gasteiger partial charge >= 0.3 is 0 Å². The molecule has 3 rings (SSSR count). The van der Waals surface area contributed by atoms with E-state index >= 15 is 0 Å². The van der Waals surface area contributed by atoms with Gasteiger partial charge in [-0.15, -0.1) is 5.10 Å². The van der Waals surface area contributed by atoms with E-state index in [4.69, 9.17) is 10.00 Å². The van der Waals surface area contributed by atoms with Crippen LogP contribution in [-0.2, 0) is 6.61 Å². The van der Waals surface area contributed by atoms with Crippen LogP contribution in [0.15, 0.2) is 42.9 Å². The number of nitriles is 1. The van der Waals surface area contributed by atoms with Crippen molar-refractivity contribution >= 4 is 0 Å². The summed E-state index contributed by atoms with van der Waals surface area (Å²) in [5.74, 6) is 0.707. The van der Waals surface area contributed by atoms with Crippen LogP contribution in [0.3, 0.4) is 0 Å². The first-order chi connectivity index (χ1) is 9.86. The minimum absolute atomic E-state index is 0.294. The van der Waals surface area contributed by atoms with Crippen LogP contribution < -0.4 is 4.74 Å². The van der Waals surface area contributed by atoms with E-state index in [2.05, 4.69) is 20.5 Å². The number of aromatic nitrogens is 5. The Morgan fingerprint density at radius 1 is 1.30 bits per heavy atom. The topological polar surface area (TPSA) is 92.4 Å². The van der Waals surface area contributed by atoms with Crippen molar-refractivity contribution in [1.82, 2.24) is 25.2 Å². The largest absolute Gasteiger partial charge is 0.489 e. The molecular formula is C13H10N6O. The molecular weight excluding hydrogens is 256 g/mol. The van der Waals surface area contributed by atoms with Crippen molar-refractivity contribution in [2.45, 2.75) is 6.61 Å². The standard InChI is InChI=1S/C13H10N6O/c14-7-13-10(8-16-17-13)9-20-12-3-1-11(2-4-12)19-6-5-15-18-19/h1-6,8H,9H2,(H,16,17). The number of rotatable bonds is 4. The second-order valence-corrected chi connectivity index (χ2v) is 4.01. The summed E-state index contributed by atoms with van der Waals surface area (Å²) in [6.07, 6.45) is 4.97. The molecule has 0 fully saturated rings. The van der Waals surface area contributed by atoms with E-state index < -0.39 is 0 Å². The highest BCUT2D eigenvalue weighted by atomic mass is 16.5. The molecule has 1 aromatic carbocycles. The summed E-state index contributed by atoms with van der Waals surface area (Å²) in [7, 11) is 0. The van der Waals surface area contributed by atoms with Crippen molar-refractivity contribution in [3.63, 3.8) is 0 Å². The van der Waals surface area contributed by atoms with Crippen molar-refractivity contribution in [2.24, 2.45) is 0 Å². The van der Waals surface area contributed by atoms with Crippen LogP contribution in [0.1, 0.15) is 11.3 Å². The molecule has 1 N–H and O–H groups in total. The number of ether oxygens (including phenoxy) is 1. The van der Waals surface area contributed by atoms with Crippen molar-refractivity contribution in [3.8, 4) is 17.5 Å². The highest BCUT2D eigenvalue weighted by Crippen LogP contribution is 2.16. The fraction of sp³-hybridized carbons (Fsp3) is 0.0769. The van der Waals surface area contributed by atoms with Crippen LogP contribution in [-0.4, -0.2) is 25.2 Å².